The van der Waals surface area contributed by atoms with Gasteiger partial charge in [-0.05, 0) is 49.7 Å². The Hall–Kier alpha value is -2.21. The fourth-order valence-corrected chi connectivity index (χ4v) is 3.19. The minimum Gasteiger partial charge on any atom is -0.339 e. The van der Waals surface area contributed by atoms with E-state index in [1.54, 1.807) is 35.0 Å². The number of amides is 1. The normalized spacial score (nSPS) is 17.0. The minimum atomic E-state index is -0.635. The second-order valence-corrected chi connectivity index (χ2v) is 6.02. The molecule has 2 heterocycles. The van der Waals surface area contributed by atoms with Crippen LogP contribution < -0.4 is 5.32 Å². The Balaban J connectivity index is 1.81. The van der Waals surface area contributed by atoms with Gasteiger partial charge in [0.2, 0.25) is 0 Å². The highest BCUT2D eigenvalue weighted by molar-refractivity contribution is 5.84. The summed E-state index contributed by atoms with van der Waals surface area (Å²) in [6.45, 7) is 2.03. The molecule has 1 amide bonds. The number of hydrogen-bond donors (Lipinski definition) is 1. The highest BCUT2D eigenvalue weighted by Crippen LogP contribution is 2.29. The molecule has 0 unspecified atom stereocenters. The topological polar surface area (TPSA) is 50.2 Å². The molecule has 0 bridgehead atoms. The van der Waals surface area contributed by atoms with Gasteiger partial charge in [-0.1, -0.05) is 12.1 Å². The third kappa shape index (κ3) is 3.12. The van der Waals surface area contributed by atoms with Gasteiger partial charge in [0.1, 0.15) is 11.4 Å². The highest BCUT2D eigenvalue weighted by atomic mass is 19.1. The third-order valence-electron chi connectivity index (χ3n) is 4.45. The zero-order valence-corrected chi connectivity index (χ0v) is 13.2. The zero-order chi connectivity index (χ0) is 16.3. The average Bonchev–Trinajstić information content (AvgIpc) is 3.12. The first-order chi connectivity index (χ1) is 11.1. The van der Waals surface area contributed by atoms with Crippen molar-refractivity contribution in [2.75, 3.05) is 20.1 Å². The van der Waals surface area contributed by atoms with Crippen molar-refractivity contribution < 1.29 is 9.18 Å². The molecule has 1 aromatic carbocycles. The van der Waals surface area contributed by atoms with Crippen LogP contribution in [0, 0.1) is 5.82 Å². The van der Waals surface area contributed by atoms with Crippen molar-refractivity contribution in [1.82, 2.24) is 20.0 Å². The van der Waals surface area contributed by atoms with Gasteiger partial charge >= 0.3 is 0 Å². The van der Waals surface area contributed by atoms with E-state index < -0.39 is 5.54 Å². The zero-order valence-electron chi connectivity index (χ0n) is 13.2. The molecule has 1 aliphatic rings. The van der Waals surface area contributed by atoms with E-state index in [1.165, 1.54) is 12.1 Å². The number of rotatable bonds is 4. The molecular formula is C17H21FN4O. The molecule has 1 aliphatic heterocycles. The van der Waals surface area contributed by atoms with Gasteiger partial charge in [0.25, 0.3) is 5.91 Å². The number of piperidine rings is 1. The molecule has 1 N–H and O–H groups in total. The number of benzene rings is 1. The lowest BCUT2D eigenvalue weighted by Gasteiger charge is -2.39. The Morgan fingerprint density at radius 3 is 2.65 bits per heavy atom. The van der Waals surface area contributed by atoms with Crippen LogP contribution in [0.5, 0.6) is 0 Å². The van der Waals surface area contributed by atoms with E-state index in [2.05, 4.69) is 10.4 Å². The van der Waals surface area contributed by atoms with Crippen LogP contribution in [0.2, 0.25) is 0 Å². The molecule has 3 rings (SSSR count). The summed E-state index contributed by atoms with van der Waals surface area (Å²) >= 11 is 0. The van der Waals surface area contributed by atoms with E-state index in [0.29, 0.717) is 19.4 Å². The fourth-order valence-electron chi connectivity index (χ4n) is 3.19. The van der Waals surface area contributed by atoms with E-state index in [9.17, 15) is 9.18 Å². The SMILES string of the molecule is CN(Cc1ccc(F)cc1)C(=O)C1(n2cccn2)CCNCC1. The maximum atomic E-state index is 13.2. The number of halogens is 1. The lowest BCUT2D eigenvalue weighted by molar-refractivity contribution is -0.142. The van der Waals surface area contributed by atoms with Gasteiger partial charge in [-0.3, -0.25) is 9.48 Å². The van der Waals surface area contributed by atoms with Gasteiger partial charge in [0.05, 0.1) is 0 Å². The van der Waals surface area contributed by atoms with Crippen LogP contribution >= 0.6 is 0 Å². The van der Waals surface area contributed by atoms with Crippen LogP contribution in [0.4, 0.5) is 4.39 Å². The summed E-state index contributed by atoms with van der Waals surface area (Å²) in [6, 6.07) is 8.10. The van der Waals surface area contributed by atoms with Gasteiger partial charge in [0, 0.05) is 26.0 Å². The van der Waals surface area contributed by atoms with Crippen molar-refractivity contribution in [2.24, 2.45) is 0 Å². The Morgan fingerprint density at radius 1 is 1.35 bits per heavy atom. The van der Waals surface area contributed by atoms with Crippen LogP contribution in [0.3, 0.4) is 0 Å². The van der Waals surface area contributed by atoms with Crippen LogP contribution in [0.25, 0.3) is 0 Å². The molecule has 0 radical (unpaired) electrons. The smallest absolute Gasteiger partial charge is 0.250 e. The monoisotopic (exact) mass is 316 g/mol. The van der Waals surface area contributed by atoms with Gasteiger partial charge < -0.3 is 10.2 Å². The van der Waals surface area contributed by atoms with Crippen molar-refractivity contribution in [3.8, 4) is 0 Å². The predicted octanol–water partition coefficient (Wildman–Crippen LogP) is 1.76. The van der Waals surface area contributed by atoms with E-state index in [-0.39, 0.29) is 11.7 Å². The van der Waals surface area contributed by atoms with Crippen LogP contribution in [0.1, 0.15) is 18.4 Å². The average molecular weight is 316 g/mol. The standard InChI is InChI=1S/C17H21FN4O/c1-21(13-14-3-5-15(18)6-4-14)16(23)17(7-10-19-11-8-17)22-12-2-9-20-22/h2-6,9,12,19H,7-8,10-11,13H2,1H3. The Labute approximate surface area is 135 Å². The maximum absolute atomic E-state index is 13.2. The van der Waals surface area contributed by atoms with Crippen LogP contribution in [0.15, 0.2) is 42.7 Å². The van der Waals surface area contributed by atoms with E-state index in [4.69, 9.17) is 0 Å². The van der Waals surface area contributed by atoms with Crippen molar-refractivity contribution in [3.05, 3.63) is 54.1 Å². The van der Waals surface area contributed by atoms with E-state index in [0.717, 1.165) is 18.7 Å². The summed E-state index contributed by atoms with van der Waals surface area (Å²) in [5.41, 5.74) is 0.274. The van der Waals surface area contributed by atoms with Gasteiger partial charge in [-0.15, -0.1) is 0 Å². The van der Waals surface area contributed by atoms with Crippen LogP contribution in [-0.4, -0.2) is 40.7 Å². The Bertz CT molecular complexity index is 648. The number of likely N-dealkylation sites (N-methyl/N-ethyl adjacent to an activating group) is 1. The molecule has 1 aromatic heterocycles. The molecule has 0 atom stereocenters. The fraction of sp³-hybridized carbons (Fsp3) is 0.412. The minimum absolute atomic E-state index is 0.0482. The van der Waals surface area contributed by atoms with Crippen LogP contribution in [-0.2, 0) is 16.9 Å². The quantitative estimate of drug-likeness (QED) is 0.935. The first kappa shape index (κ1) is 15.7. The summed E-state index contributed by atoms with van der Waals surface area (Å²) in [5, 5.41) is 7.62. The molecule has 0 saturated carbocycles. The second-order valence-electron chi connectivity index (χ2n) is 6.02. The number of nitrogens with zero attached hydrogens (tertiary/aromatic N) is 3. The number of aromatic nitrogens is 2. The molecule has 1 saturated heterocycles. The number of carbonyl (C=O) groups excluding carboxylic acids is 1. The Kier molecular flexibility index (Phi) is 4.43. The summed E-state index contributed by atoms with van der Waals surface area (Å²) in [6.07, 6.45) is 4.98. The first-order valence-electron chi connectivity index (χ1n) is 7.83. The molecule has 1 fully saturated rings. The van der Waals surface area contributed by atoms with Crippen molar-refractivity contribution >= 4 is 5.91 Å². The summed E-state index contributed by atoms with van der Waals surface area (Å²) in [7, 11) is 1.79. The molecular weight excluding hydrogens is 295 g/mol. The van der Waals surface area contributed by atoms with Gasteiger partial charge in [-0.25, -0.2) is 4.39 Å². The molecule has 6 heteroatoms. The third-order valence-corrected chi connectivity index (χ3v) is 4.45. The maximum Gasteiger partial charge on any atom is 0.250 e. The largest absolute Gasteiger partial charge is 0.339 e. The summed E-state index contributed by atoms with van der Waals surface area (Å²) in [4.78, 5) is 14.9. The molecule has 122 valence electrons. The summed E-state index contributed by atoms with van der Waals surface area (Å²) < 4.78 is 14.8. The molecule has 2 aromatic rings. The molecule has 5 nitrogen and oxygen atoms in total. The highest BCUT2D eigenvalue weighted by Gasteiger charge is 2.43. The van der Waals surface area contributed by atoms with E-state index in [1.807, 2.05) is 12.3 Å². The number of carbonyl (C=O) groups is 1. The number of nitrogens with one attached hydrogen (secondary N) is 1. The first-order valence-corrected chi connectivity index (χ1v) is 7.83. The van der Waals surface area contributed by atoms with Crippen molar-refractivity contribution in [1.29, 1.82) is 0 Å². The lowest BCUT2D eigenvalue weighted by Crippen LogP contribution is -2.54. The Morgan fingerprint density at radius 2 is 2.04 bits per heavy atom. The van der Waals surface area contributed by atoms with Gasteiger partial charge in [0.15, 0.2) is 0 Å². The molecule has 0 aliphatic carbocycles. The van der Waals surface area contributed by atoms with Crippen molar-refractivity contribution in [2.45, 2.75) is 24.9 Å². The summed E-state index contributed by atoms with van der Waals surface area (Å²) in [5.74, 6) is -0.221. The molecule has 23 heavy (non-hydrogen) atoms. The lowest BCUT2D eigenvalue weighted by atomic mass is 9.86. The van der Waals surface area contributed by atoms with E-state index >= 15 is 0 Å². The predicted molar refractivity (Wildman–Crippen MR) is 85.2 cm³/mol. The molecule has 0 spiro atoms. The second kappa shape index (κ2) is 6.50. The number of hydrogen-bond acceptors (Lipinski definition) is 3. The van der Waals surface area contributed by atoms with Crippen molar-refractivity contribution in [3.63, 3.8) is 0 Å². The van der Waals surface area contributed by atoms with Gasteiger partial charge in [-0.2, -0.15) is 5.10 Å².